The number of ether oxygens (including phenoxy) is 1. The Labute approximate surface area is 190 Å². The maximum atomic E-state index is 12.2. The minimum atomic E-state index is -4.42. The molecule has 0 amide bonds. The Morgan fingerprint density at radius 2 is 1.82 bits per heavy atom. The van der Waals surface area contributed by atoms with Crippen LogP contribution >= 0.6 is 0 Å². The van der Waals surface area contributed by atoms with Crippen LogP contribution in [0, 0.1) is 5.41 Å². The normalized spacial score (nSPS) is 22.3. The number of anilines is 1. The molecule has 1 unspecified atom stereocenters. The second kappa shape index (κ2) is 8.61. The SMILES string of the molecule is Nc1ncnc2[nH]c(C(F)(F)F)cc12.c1ccc2c(c1)CCC(N1CC3(CCOCC3)C1)C2. The van der Waals surface area contributed by atoms with Crippen LogP contribution in [0.2, 0.25) is 0 Å². The average molecular weight is 460 g/mol. The number of nitrogen functional groups attached to an aromatic ring is 1. The lowest BCUT2D eigenvalue weighted by Gasteiger charge is -2.55. The van der Waals surface area contributed by atoms with Gasteiger partial charge < -0.3 is 15.5 Å². The average Bonchev–Trinajstić information content (AvgIpc) is 3.25. The highest BCUT2D eigenvalue weighted by molar-refractivity contribution is 5.86. The number of aromatic amines is 1. The second-order valence-corrected chi connectivity index (χ2v) is 9.38. The van der Waals surface area contributed by atoms with Crippen molar-refractivity contribution in [1.29, 1.82) is 0 Å². The van der Waals surface area contributed by atoms with Gasteiger partial charge in [-0.05, 0) is 49.3 Å². The van der Waals surface area contributed by atoms with Gasteiger partial charge in [-0.15, -0.1) is 0 Å². The molecular weight excluding hydrogens is 431 g/mol. The van der Waals surface area contributed by atoms with Gasteiger partial charge in [-0.3, -0.25) is 4.90 Å². The minimum absolute atomic E-state index is 0.0294. The van der Waals surface area contributed by atoms with Crippen LogP contribution < -0.4 is 5.73 Å². The van der Waals surface area contributed by atoms with Crippen LogP contribution in [0.5, 0.6) is 0 Å². The van der Waals surface area contributed by atoms with Crippen molar-refractivity contribution in [3.63, 3.8) is 0 Å². The van der Waals surface area contributed by atoms with E-state index in [0.29, 0.717) is 5.41 Å². The number of H-pyrrole nitrogens is 1. The predicted molar refractivity (Wildman–Crippen MR) is 120 cm³/mol. The Morgan fingerprint density at radius 1 is 1.09 bits per heavy atom. The molecule has 3 N–H and O–H groups in total. The fourth-order valence-electron chi connectivity index (χ4n) is 5.30. The van der Waals surface area contributed by atoms with Crippen molar-refractivity contribution in [2.75, 3.05) is 32.0 Å². The number of hydrogen-bond acceptors (Lipinski definition) is 5. The second-order valence-electron chi connectivity index (χ2n) is 9.38. The summed E-state index contributed by atoms with van der Waals surface area (Å²) in [5.74, 6) is 0.0294. The number of halogens is 3. The molecule has 6 nitrogen and oxygen atoms in total. The number of nitrogens with one attached hydrogen (secondary N) is 1. The molecular formula is C24H28F3N5O. The van der Waals surface area contributed by atoms with Gasteiger partial charge in [-0.2, -0.15) is 13.2 Å². The van der Waals surface area contributed by atoms with E-state index in [0.717, 1.165) is 31.6 Å². The molecule has 3 aliphatic rings. The maximum absolute atomic E-state index is 12.2. The number of hydrogen-bond donors (Lipinski definition) is 2. The summed E-state index contributed by atoms with van der Waals surface area (Å²) < 4.78 is 42.2. The van der Waals surface area contributed by atoms with E-state index in [9.17, 15) is 13.2 Å². The zero-order valence-electron chi connectivity index (χ0n) is 18.4. The molecule has 1 atom stereocenters. The third kappa shape index (κ3) is 4.56. The van der Waals surface area contributed by atoms with E-state index in [2.05, 4.69) is 44.1 Å². The maximum Gasteiger partial charge on any atom is 0.431 e. The van der Waals surface area contributed by atoms with Gasteiger partial charge in [-0.1, -0.05) is 24.3 Å². The fourth-order valence-corrected chi connectivity index (χ4v) is 5.30. The van der Waals surface area contributed by atoms with Crippen LogP contribution in [-0.2, 0) is 23.8 Å². The highest BCUT2D eigenvalue weighted by Gasteiger charge is 2.46. The summed E-state index contributed by atoms with van der Waals surface area (Å²) in [4.78, 5) is 12.1. The van der Waals surface area contributed by atoms with Gasteiger partial charge in [0.15, 0.2) is 0 Å². The summed E-state index contributed by atoms with van der Waals surface area (Å²) in [5.41, 5.74) is 8.38. The summed E-state index contributed by atoms with van der Waals surface area (Å²) in [6.07, 6.45) is 3.14. The monoisotopic (exact) mass is 459 g/mol. The topological polar surface area (TPSA) is 80.1 Å². The zero-order chi connectivity index (χ0) is 23.1. The number of rotatable bonds is 1. The first-order valence-electron chi connectivity index (χ1n) is 11.4. The van der Waals surface area contributed by atoms with E-state index < -0.39 is 11.9 Å². The molecule has 1 aliphatic carbocycles. The highest BCUT2D eigenvalue weighted by atomic mass is 19.4. The van der Waals surface area contributed by atoms with Crippen molar-refractivity contribution in [3.8, 4) is 0 Å². The van der Waals surface area contributed by atoms with Gasteiger partial charge >= 0.3 is 6.18 Å². The van der Waals surface area contributed by atoms with Crippen LogP contribution in [0.3, 0.4) is 0 Å². The van der Waals surface area contributed by atoms with E-state index in [1.807, 2.05) is 0 Å². The Morgan fingerprint density at radius 3 is 2.52 bits per heavy atom. The largest absolute Gasteiger partial charge is 0.431 e. The molecule has 0 saturated carbocycles. The van der Waals surface area contributed by atoms with Crippen LogP contribution in [0.1, 0.15) is 36.1 Å². The van der Waals surface area contributed by atoms with E-state index >= 15 is 0 Å². The first-order valence-corrected chi connectivity index (χ1v) is 11.4. The van der Waals surface area contributed by atoms with Gasteiger partial charge in [0.25, 0.3) is 0 Å². The first kappa shape index (κ1) is 22.2. The summed E-state index contributed by atoms with van der Waals surface area (Å²) >= 11 is 0. The standard InChI is InChI=1S/C17H23NO.C7H5F3N4/c1-2-4-15-11-16(6-5-14(15)3-1)18-12-17(13-18)7-9-19-10-8-17;8-7(9,10)4-1-3-5(11)12-2-13-6(3)14-4/h1-4,16H,5-13H2;1-2H,(H3,11,12,13,14). The van der Waals surface area contributed by atoms with Crippen molar-refractivity contribution in [1.82, 2.24) is 19.9 Å². The first-order chi connectivity index (χ1) is 15.8. The third-order valence-electron chi connectivity index (χ3n) is 7.23. The lowest BCUT2D eigenvalue weighted by Crippen LogP contribution is -2.62. The van der Waals surface area contributed by atoms with Crippen molar-refractivity contribution in [3.05, 3.63) is 53.5 Å². The molecule has 2 saturated heterocycles. The molecule has 33 heavy (non-hydrogen) atoms. The van der Waals surface area contributed by atoms with Crippen molar-refractivity contribution >= 4 is 16.9 Å². The Balaban J connectivity index is 0.000000146. The van der Waals surface area contributed by atoms with Gasteiger partial charge in [0.2, 0.25) is 0 Å². The smallest absolute Gasteiger partial charge is 0.383 e. The summed E-state index contributed by atoms with van der Waals surface area (Å²) in [6.45, 7) is 4.62. The predicted octanol–water partition coefficient (Wildman–Crippen LogP) is 4.22. The number of fused-ring (bicyclic) bond motifs is 2. The number of nitrogens with two attached hydrogens (primary N) is 1. The third-order valence-corrected chi connectivity index (χ3v) is 7.23. The van der Waals surface area contributed by atoms with Gasteiger partial charge in [-0.25, -0.2) is 9.97 Å². The number of likely N-dealkylation sites (tertiary alicyclic amines) is 1. The van der Waals surface area contributed by atoms with Crippen LogP contribution in [0.25, 0.3) is 11.0 Å². The van der Waals surface area contributed by atoms with E-state index in [4.69, 9.17) is 10.5 Å². The molecule has 2 aromatic heterocycles. The number of aromatic nitrogens is 3. The lowest BCUT2D eigenvalue weighted by atomic mass is 9.71. The molecule has 3 aromatic rings. The number of aryl methyl sites for hydroxylation is 1. The molecule has 0 radical (unpaired) electrons. The quantitative estimate of drug-likeness (QED) is 0.570. The zero-order valence-corrected chi connectivity index (χ0v) is 18.4. The van der Waals surface area contributed by atoms with Crippen LogP contribution in [0.4, 0.5) is 19.0 Å². The van der Waals surface area contributed by atoms with Crippen molar-refractivity contribution < 1.29 is 17.9 Å². The van der Waals surface area contributed by atoms with Crippen molar-refractivity contribution in [2.24, 2.45) is 5.41 Å². The number of benzene rings is 1. The lowest BCUT2D eigenvalue weighted by molar-refractivity contribution is -0.140. The summed E-state index contributed by atoms with van der Waals surface area (Å²) in [7, 11) is 0. The highest BCUT2D eigenvalue weighted by Crippen LogP contribution is 2.42. The minimum Gasteiger partial charge on any atom is -0.383 e. The fraction of sp³-hybridized carbons (Fsp3) is 0.500. The van der Waals surface area contributed by atoms with E-state index in [-0.39, 0.29) is 16.9 Å². The van der Waals surface area contributed by atoms with Gasteiger partial charge in [0.1, 0.15) is 23.5 Å². The van der Waals surface area contributed by atoms with Gasteiger partial charge in [0.05, 0.1) is 5.39 Å². The van der Waals surface area contributed by atoms with E-state index in [1.165, 1.54) is 45.2 Å². The number of nitrogens with zero attached hydrogens (tertiary/aromatic N) is 3. The Hall–Kier alpha value is -2.65. The summed E-state index contributed by atoms with van der Waals surface area (Å²) in [5, 5.41) is 0.180. The molecule has 9 heteroatoms. The number of alkyl halides is 3. The molecule has 2 fully saturated rings. The Bertz CT molecular complexity index is 1110. The van der Waals surface area contributed by atoms with E-state index in [1.54, 1.807) is 11.1 Å². The van der Waals surface area contributed by atoms with Gasteiger partial charge in [0, 0.05) is 37.8 Å². The molecule has 0 bridgehead atoms. The molecule has 176 valence electrons. The van der Waals surface area contributed by atoms with Crippen LogP contribution in [0.15, 0.2) is 36.7 Å². The Kier molecular flexibility index (Phi) is 5.78. The van der Waals surface area contributed by atoms with Crippen LogP contribution in [-0.4, -0.2) is 52.2 Å². The summed E-state index contributed by atoms with van der Waals surface area (Å²) in [6, 6.07) is 10.7. The molecule has 2 aliphatic heterocycles. The van der Waals surface area contributed by atoms with Crippen molar-refractivity contribution in [2.45, 2.75) is 44.3 Å². The molecule has 1 spiro atoms. The molecule has 6 rings (SSSR count). The molecule has 4 heterocycles. The molecule has 1 aromatic carbocycles.